The van der Waals surface area contributed by atoms with Crippen molar-refractivity contribution in [2.45, 2.75) is 6.92 Å². The Bertz CT molecular complexity index is 636. The van der Waals surface area contributed by atoms with Gasteiger partial charge in [0.25, 0.3) is 0 Å². The van der Waals surface area contributed by atoms with E-state index in [1.165, 1.54) is 37.4 Å². The fourth-order valence-corrected chi connectivity index (χ4v) is 1.84. The second-order valence-electron chi connectivity index (χ2n) is 4.14. The molecule has 0 aliphatic rings. The maximum Gasteiger partial charge on any atom is 0.193 e. The Morgan fingerprint density at radius 3 is 2.42 bits per heavy atom. The van der Waals surface area contributed by atoms with Crippen LogP contribution in [0.15, 0.2) is 36.4 Å². The van der Waals surface area contributed by atoms with E-state index in [1.54, 1.807) is 6.92 Å². The summed E-state index contributed by atoms with van der Waals surface area (Å²) in [6.07, 6.45) is 0. The van der Waals surface area contributed by atoms with Crippen molar-refractivity contribution < 1.29 is 18.3 Å². The van der Waals surface area contributed by atoms with Crippen molar-refractivity contribution >= 4 is 5.78 Å². The summed E-state index contributed by atoms with van der Waals surface area (Å²) in [5.74, 6) is -1.28. The topological polar surface area (TPSA) is 26.3 Å². The average molecular weight is 262 g/mol. The number of halogens is 2. The van der Waals surface area contributed by atoms with Crippen molar-refractivity contribution in [3.05, 3.63) is 64.7 Å². The van der Waals surface area contributed by atoms with Crippen LogP contribution in [0.25, 0.3) is 0 Å². The number of hydrogen-bond acceptors (Lipinski definition) is 2. The number of methoxy groups -OCH3 is 1. The first-order valence-electron chi connectivity index (χ1n) is 5.67. The molecule has 2 rings (SSSR count). The van der Waals surface area contributed by atoms with Crippen LogP contribution in [0.3, 0.4) is 0 Å². The van der Waals surface area contributed by atoms with Gasteiger partial charge in [0, 0.05) is 11.1 Å². The third kappa shape index (κ3) is 2.62. The summed E-state index contributed by atoms with van der Waals surface area (Å²) in [5.41, 5.74) is 1.07. The first-order chi connectivity index (χ1) is 9.02. The minimum absolute atomic E-state index is 0.0763. The van der Waals surface area contributed by atoms with E-state index in [9.17, 15) is 13.6 Å². The molecule has 0 saturated carbocycles. The van der Waals surface area contributed by atoms with Crippen LogP contribution in [0, 0.1) is 18.6 Å². The van der Waals surface area contributed by atoms with Crippen molar-refractivity contribution in [3.8, 4) is 5.75 Å². The van der Waals surface area contributed by atoms with Gasteiger partial charge < -0.3 is 4.74 Å². The van der Waals surface area contributed by atoms with Gasteiger partial charge in [0.1, 0.15) is 5.82 Å². The summed E-state index contributed by atoms with van der Waals surface area (Å²) in [6, 6.07) is 7.86. The van der Waals surface area contributed by atoms with E-state index in [0.29, 0.717) is 11.1 Å². The molecule has 0 aliphatic heterocycles. The minimum Gasteiger partial charge on any atom is -0.494 e. The zero-order valence-electron chi connectivity index (χ0n) is 10.5. The molecule has 0 atom stereocenters. The van der Waals surface area contributed by atoms with Gasteiger partial charge in [-0.05, 0) is 48.9 Å². The smallest absolute Gasteiger partial charge is 0.193 e. The standard InChI is InChI=1S/C15H12F2O2/c1-9-7-11(16)4-5-12(9)15(18)10-3-6-14(19-2)13(17)8-10/h3-8H,1-2H3. The van der Waals surface area contributed by atoms with Crippen LogP contribution in [0.4, 0.5) is 8.78 Å². The number of ether oxygens (including phenoxy) is 1. The average Bonchev–Trinajstić information content (AvgIpc) is 2.38. The molecule has 0 aliphatic carbocycles. The first-order valence-corrected chi connectivity index (χ1v) is 5.67. The quantitative estimate of drug-likeness (QED) is 0.791. The molecule has 2 aromatic rings. The summed E-state index contributed by atoms with van der Waals surface area (Å²) < 4.78 is 31.3. The third-order valence-corrected chi connectivity index (χ3v) is 2.85. The molecular formula is C15H12F2O2. The highest BCUT2D eigenvalue weighted by molar-refractivity contribution is 6.09. The summed E-state index contributed by atoms with van der Waals surface area (Å²) >= 11 is 0. The molecule has 0 fully saturated rings. The number of aryl methyl sites for hydroxylation is 1. The van der Waals surface area contributed by atoms with Crippen LogP contribution in [0.5, 0.6) is 5.75 Å². The lowest BCUT2D eigenvalue weighted by Crippen LogP contribution is -2.05. The van der Waals surface area contributed by atoms with Gasteiger partial charge in [0.15, 0.2) is 17.3 Å². The molecular weight excluding hydrogens is 250 g/mol. The summed E-state index contributed by atoms with van der Waals surface area (Å²) in [4.78, 5) is 12.2. The van der Waals surface area contributed by atoms with E-state index in [1.807, 2.05) is 0 Å². The molecule has 0 heterocycles. The Kier molecular flexibility index (Phi) is 3.60. The molecule has 0 spiro atoms. The Morgan fingerprint density at radius 2 is 1.84 bits per heavy atom. The summed E-state index contributed by atoms with van der Waals surface area (Å²) in [5, 5.41) is 0. The molecule has 0 bridgehead atoms. The van der Waals surface area contributed by atoms with E-state index in [4.69, 9.17) is 4.74 Å². The third-order valence-electron chi connectivity index (χ3n) is 2.85. The van der Waals surface area contributed by atoms with Gasteiger partial charge >= 0.3 is 0 Å². The monoisotopic (exact) mass is 262 g/mol. The molecule has 0 saturated heterocycles. The second-order valence-corrected chi connectivity index (χ2v) is 4.14. The molecule has 2 aromatic carbocycles. The van der Waals surface area contributed by atoms with E-state index in [2.05, 4.69) is 0 Å². The number of carbonyl (C=O) groups is 1. The van der Waals surface area contributed by atoms with E-state index in [0.717, 1.165) is 6.07 Å². The van der Waals surface area contributed by atoms with Crippen LogP contribution in [0.1, 0.15) is 21.5 Å². The molecule has 0 unspecified atom stereocenters. The van der Waals surface area contributed by atoms with E-state index < -0.39 is 11.6 Å². The van der Waals surface area contributed by atoms with Crippen LogP contribution < -0.4 is 4.74 Å². The molecule has 0 N–H and O–H groups in total. The number of benzene rings is 2. The Morgan fingerprint density at radius 1 is 1.11 bits per heavy atom. The zero-order valence-corrected chi connectivity index (χ0v) is 10.5. The fraction of sp³-hybridized carbons (Fsp3) is 0.133. The lowest BCUT2D eigenvalue weighted by Gasteiger charge is -2.07. The van der Waals surface area contributed by atoms with Gasteiger partial charge in [0.2, 0.25) is 0 Å². The van der Waals surface area contributed by atoms with Gasteiger partial charge in [-0.2, -0.15) is 0 Å². The summed E-state index contributed by atoms with van der Waals surface area (Å²) in [7, 11) is 1.35. The van der Waals surface area contributed by atoms with Crippen LogP contribution in [-0.2, 0) is 0 Å². The lowest BCUT2D eigenvalue weighted by molar-refractivity contribution is 0.103. The van der Waals surface area contributed by atoms with Crippen LogP contribution in [-0.4, -0.2) is 12.9 Å². The number of hydrogen-bond donors (Lipinski definition) is 0. The summed E-state index contributed by atoms with van der Waals surface area (Å²) in [6.45, 7) is 1.64. The van der Waals surface area contributed by atoms with Crippen molar-refractivity contribution in [3.63, 3.8) is 0 Å². The highest BCUT2D eigenvalue weighted by Crippen LogP contribution is 2.21. The first kappa shape index (κ1) is 13.2. The van der Waals surface area contributed by atoms with Crippen LogP contribution >= 0.6 is 0 Å². The van der Waals surface area contributed by atoms with E-state index >= 15 is 0 Å². The van der Waals surface area contributed by atoms with Crippen molar-refractivity contribution in [1.29, 1.82) is 0 Å². The molecule has 0 amide bonds. The number of ketones is 1. The predicted octanol–water partition coefficient (Wildman–Crippen LogP) is 3.51. The molecule has 2 nitrogen and oxygen atoms in total. The van der Waals surface area contributed by atoms with Crippen molar-refractivity contribution in [2.75, 3.05) is 7.11 Å². The van der Waals surface area contributed by atoms with E-state index in [-0.39, 0.29) is 17.1 Å². The normalized spacial score (nSPS) is 10.3. The largest absolute Gasteiger partial charge is 0.494 e. The minimum atomic E-state index is -0.604. The molecule has 4 heteroatoms. The van der Waals surface area contributed by atoms with Crippen molar-refractivity contribution in [1.82, 2.24) is 0 Å². The molecule has 98 valence electrons. The molecule has 19 heavy (non-hydrogen) atoms. The van der Waals surface area contributed by atoms with Gasteiger partial charge in [-0.15, -0.1) is 0 Å². The van der Waals surface area contributed by atoms with Gasteiger partial charge in [-0.1, -0.05) is 0 Å². The maximum absolute atomic E-state index is 13.6. The SMILES string of the molecule is COc1ccc(C(=O)c2ccc(F)cc2C)cc1F. The van der Waals surface area contributed by atoms with Gasteiger partial charge in [-0.3, -0.25) is 4.79 Å². The Balaban J connectivity index is 2.41. The molecule has 0 aromatic heterocycles. The van der Waals surface area contributed by atoms with Gasteiger partial charge in [-0.25, -0.2) is 8.78 Å². The van der Waals surface area contributed by atoms with Crippen LogP contribution in [0.2, 0.25) is 0 Å². The van der Waals surface area contributed by atoms with Gasteiger partial charge in [0.05, 0.1) is 7.11 Å². The fourth-order valence-electron chi connectivity index (χ4n) is 1.84. The number of carbonyl (C=O) groups excluding carboxylic acids is 1. The lowest BCUT2D eigenvalue weighted by atomic mass is 9.99. The second kappa shape index (κ2) is 5.18. The predicted molar refractivity (Wildman–Crippen MR) is 67.5 cm³/mol. The highest BCUT2D eigenvalue weighted by atomic mass is 19.1. The highest BCUT2D eigenvalue weighted by Gasteiger charge is 2.14. The number of rotatable bonds is 3. The zero-order chi connectivity index (χ0) is 14.0. The molecule has 0 radical (unpaired) electrons. The Hall–Kier alpha value is -2.23. The maximum atomic E-state index is 13.6. The Labute approximate surface area is 109 Å². The van der Waals surface area contributed by atoms with Crippen molar-refractivity contribution in [2.24, 2.45) is 0 Å².